The molecule has 27 heavy (non-hydrogen) atoms. The van der Waals surface area contributed by atoms with Crippen molar-refractivity contribution in [2.24, 2.45) is 0 Å². The number of rotatable bonds is 8. The lowest BCUT2D eigenvalue weighted by Gasteiger charge is -2.31. The van der Waals surface area contributed by atoms with Crippen molar-refractivity contribution >= 4 is 11.6 Å². The molecule has 148 valence electrons. The van der Waals surface area contributed by atoms with E-state index in [9.17, 15) is 4.79 Å². The first-order chi connectivity index (χ1) is 13.1. The summed E-state index contributed by atoms with van der Waals surface area (Å²) in [6.45, 7) is 5.79. The van der Waals surface area contributed by atoms with E-state index < -0.39 is 0 Å². The standard InChI is InChI=1S/C20H32N6O/c1-15-18(16(2)24-26-14-22-23-20(15)26)10-11-19(27)21-12-7-13-25(3)17-8-5-4-6-9-17/h14,17H,4-13H2,1-3H3,(H,21,27). The van der Waals surface area contributed by atoms with Gasteiger partial charge in [-0.1, -0.05) is 19.3 Å². The van der Waals surface area contributed by atoms with Crippen molar-refractivity contribution in [1.29, 1.82) is 0 Å². The van der Waals surface area contributed by atoms with Crippen molar-refractivity contribution in [3.8, 4) is 0 Å². The number of hydrogen-bond acceptors (Lipinski definition) is 5. The van der Waals surface area contributed by atoms with Crippen LogP contribution in [0.25, 0.3) is 5.65 Å². The van der Waals surface area contributed by atoms with Crippen LogP contribution in [-0.2, 0) is 11.2 Å². The van der Waals surface area contributed by atoms with Gasteiger partial charge in [0.05, 0.1) is 5.69 Å². The molecule has 7 heteroatoms. The van der Waals surface area contributed by atoms with Gasteiger partial charge in [0.25, 0.3) is 0 Å². The van der Waals surface area contributed by atoms with Crippen molar-refractivity contribution in [1.82, 2.24) is 30.0 Å². The molecule has 0 radical (unpaired) electrons. The molecule has 1 aliphatic carbocycles. The van der Waals surface area contributed by atoms with Crippen LogP contribution < -0.4 is 5.32 Å². The Kier molecular flexibility index (Phi) is 6.77. The number of aromatic nitrogens is 4. The van der Waals surface area contributed by atoms with Gasteiger partial charge in [-0.3, -0.25) is 4.79 Å². The van der Waals surface area contributed by atoms with Gasteiger partial charge in [0, 0.05) is 24.6 Å². The normalized spacial score (nSPS) is 15.6. The molecule has 0 bridgehead atoms. The van der Waals surface area contributed by atoms with Gasteiger partial charge in [0.2, 0.25) is 5.91 Å². The molecule has 3 rings (SSSR count). The highest BCUT2D eigenvalue weighted by molar-refractivity contribution is 5.76. The number of nitrogens with zero attached hydrogens (tertiary/aromatic N) is 5. The summed E-state index contributed by atoms with van der Waals surface area (Å²) in [7, 11) is 2.22. The highest BCUT2D eigenvalue weighted by atomic mass is 16.1. The minimum Gasteiger partial charge on any atom is -0.356 e. The van der Waals surface area contributed by atoms with E-state index in [0.717, 1.165) is 48.0 Å². The molecule has 2 heterocycles. The van der Waals surface area contributed by atoms with E-state index in [-0.39, 0.29) is 5.91 Å². The Labute approximate surface area is 161 Å². The number of carbonyl (C=O) groups is 1. The molecule has 1 fully saturated rings. The lowest BCUT2D eigenvalue weighted by atomic mass is 9.94. The van der Waals surface area contributed by atoms with Gasteiger partial charge in [-0.2, -0.15) is 5.10 Å². The molecule has 1 aliphatic rings. The molecule has 0 unspecified atom stereocenters. The van der Waals surface area contributed by atoms with Crippen molar-refractivity contribution in [3.63, 3.8) is 0 Å². The molecule has 1 N–H and O–H groups in total. The Morgan fingerprint density at radius 2 is 2.07 bits per heavy atom. The largest absolute Gasteiger partial charge is 0.356 e. The summed E-state index contributed by atoms with van der Waals surface area (Å²) in [5.41, 5.74) is 3.85. The van der Waals surface area contributed by atoms with Gasteiger partial charge >= 0.3 is 0 Å². The average Bonchev–Trinajstić information content (AvgIpc) is 3.14. The highest BCUT2D eigenvalue weighted by Crippen LogP contribution is 2.21. The predicted molar refractivity (Wildman–Crippen MR) is 106 cm³/mol. The van der Waals surface area contributed by atoms with E-state index in [1.807, 2.05) is 13.8 Å². The van der Waals surface area contributed by atoms with Crippen LogP contribution in [0.15, 0.2) is 6.33 Å². The zero-order valence-corrected chi connectivity index (χ0v) is 16.9. The maximum absolute atomic E-state index is 12.2. The van der Waals surface area contributed by atoms with E-state index in [1.54, 1.807) is 10.8 Å². The van der Waals surface area contributed by atoms with Gasteiger partial charge in [-0.05, 0) is 58.7 Å². The smallest absolute Gasteiger partial charge is 0.220 e. The Morgan fingerprint density at radius 3 is 2.85 bits per heavy atom. The van der Waals surface area contributed by atoms with Gasteiger partial charge in [-0.25, -0.2) is 4.52 Å². The third-order valence-electron chi connectivity index (χ3n) is 5.82. The summed E-state index contributed by atoms with van der Waals surface area (Å²) in [4.78, 5) is 14.7. The van der Waals surface area contributed by atoms with Crippen LogP contribution in [-0.4, -0.2) is 56.8 Å². The molecule has 0 saturated heterocycles. The molecule has 2 aromatic heterocycles. The molecule has 0 spiro atoms. The number of amides is 1. The second kappa shape index (κ2) is 9.26. The fraction of sp³-hybridized carbons (Fsp3) is 0.700. The van der Waals surface area contributed by atoms with E-state index >= 15 is 0 Å². The summed E-state index contributed by atoms with van der Waals surface area (Å²) in [6, 6.07) is 0.736. The number of nitrogens with one attached hydrogen (secondary N) is 1. The predicted octanol–water partition coefficient (Wildman–Crippen LogP) is 2.44. The lowest BCUT2D eigenvalue weighted by molar-refractivity contribution is -0.121. The number of carbonyl (C=O) groups excluding carboxylic acids is 1. The van der Waals surface area contributed by atoms with Crippen molar-refractivity contribution in [2.45, 2.75) is 71.3 Å². The lowest BCUT2D eigenvalue weighted by Crippen LogP contribution is -2.35. The van der Waals surface area contributed by atoms with Crippen molar-refractivity contribution in [3.05, 3.63) is 23.1 Å². The van der Waals surface area contributed by atoms with Crippen LogP contribution >= 0.6 is 0 Å². The van der Waals surface area contributed by atoms with Crippen LogP contribution in [0.1, 0.15) is 61.8 Å². The zero-order valence-electron chi connectivity index (χ0n) is 16.9. The molecule has 7 nitrogen and oxygen atoms in total. The van der Waals surface area contributed by atoms with Crippen LogP contribution in [0, 0.1) is 13.8 Å². The van der Waals surface area contributed by atoms with Crippen LogP contribution in [0.4, 0.5) is 0 Å². The van der Waals surface area contributed by atoms with E-state index in [1.165, 1.54) is 32.1 Å². The third-order valence-corrected chi connectivity index (χ3v) is 5.82. The molecule has 1 saturated carbocycles. The molecular formula is C20H32N6O. The van der Waals surface area contributed by atoms with E-state index in [0.29, 0.717) is 12.8 Å². The monoisotopic (exact) mass is 372 g/mol. The third kappa shape index (κ3) is 5.03. The fourth-order valence-corrected chi connectivity index (χ4v) is 4.13. The Morgan fingerprint density at radius 1 is 1.30 bits per heavy atom. The van der Waals surface area contributed by atoms with Crippen molar-refractivity contribution < 1.29 is 4.79 Å². The first kappa shape index (κ1) is 19.7. The Balaban J connectivity index is 1.40. The molecular weight excluding hydrogens is 340 g/mol. The molecule has 1 amide bonds. The molecule has 0 aliphatic heterocycles. The molecule has 2 aromatic rings. The second-order valence-corrected chi connectivity index (χ2v) is 7.76. The van der Waals surface area contributed by atoms with Gasteiger partial charge in [0.1, 0.15) is 6.33 Å². The van der Waals surface area contributed by atoms with Crippen LogP contribution in [0.2, 0.25) is 0 Å². The fourth-order valence-electron chi connectivity index (χ4n) is 4.13. The van der Waals surface area contributed by atoms with Gasteiger partial charge < -0.3 is 10.2 Å². The summed E-state index contributed by atoms with van der Waals surface area (Å²) in [5.74, 6) is 0.107. The van der Waals surface area contributed by atoms with Crippen LogP contribution in [0.3, 0.4) is 0 Å². The first-order valence-electron chi connectivity index (χ1n) is 10.2. The Hall–Kier alpha value is -2.02. The zero-order chi connectivity index (χ0) is 19.2. The maximum atomic E-state index is 12.2. The average molecular weight is 373 g/mol. The number of aryl methyl sites for hydroxylation is 2. The Bertz CT molecular complexity index is 765. The van der Waals surface area contributed by atoms with E-state index in [2.05, 4.69) is 32.6 Å². The van der Waals surface area contributed by atoms with Crippen molar-refractivity contribution in [2.75, 3.05) is 20.1 Å². The topological polar surface area (TPSA) is 75.4 Å². The maximum Gasteiger partial charge on any atom is 0.220 e. The summed E-state index contributed by atoms with van der Waals surface area (Å²) < 4.78 is 1.69. The van der Waals surface area contributed by atoms with Crippen LogP contribution in [0.5, 0.6) is 0 Å². The summed E-state index contributed by atoms with van der Waals surface area (Å²) >= 11 is 0. The number of hydrogen-bond donors (Lipinski definition) is 1. The highest BCUT2D eigenvalue weighted by Gasteiger charge is 2.17. The van der Waals surface area contributed by atoms with Gasteiger partial charge in [-0.15, -0.1) is 10.2 Å². The SMILES string of the molecule is Cc1nn2cnnc2c(C)c1CCC(=O)NCCCN(C)C1CCCCC1. The van der Waals surface area contributed by atoms with Gasteiger partial charge in [0.15, 0.2) is 5.65 Å². The van der Waals surface area contributed by atoms with E-state index in [4.69, 9.17) is 0 Å². The minimum absolute atomic E-state index is 0.107. The first-order valence-corrected chi connectivity index (χ1v) is 10.2. The summed E-state index contributed by atoms with van der Waals surface area (Å²) in [5, 5.41) is 15.5. The minimum atomic E-state index is 0.107. The summed E-state index contributed by atoms with van der Waals surface area (Å²) in [6.07, 6.45) is 10.5. The quantitative estimate of drug-likeness (QED) is 0.721. The molecule has 0 aromatic carbocycles. The molecule has 0 atom stereocenters. The number of fused-ring (bicyclic) bond motifs is 1. The second-order valence-electron chi connectivity index (χ2n) is 7.76.